The lowest BCUT2D eigenvalue weighted by atomic mass is 10.1. The van der Waals surface area contributed by atoms with Gasteiger partial charge in [0.2, 0.25) is 0 Å². The van der Waals surface area contributed by atoms with Gasteiger partial charge in [0.1, 0.15) is 0 Å². The van der Waals surface area contributed by atoms with Crippen molar-refractivity contribution in [1.82, 2.24) is 4.90 Å². The smallest absolute Gasteiger partial charge is 0.0316 e. The van der Waals surface area contributed by atoms with Gasteiger partial charge in [-0.1, -0.05) is 19.1 Å². The lowest BCUT2D eigenvalue weighted by Crippen LogP contribution is -2.27. The monoisotopic (exact) mass is 232 g/mol. The van der Waals surface area contributed by atoms with E-state index in [4.69, 9.17) is 5.73 Å². The van der Waals surface area contributed by atoms with Crippen LogP contribution >= 0.6 is 0 Å². The second-order valence-corrected chi connectivity index (χ2v) is 5.19. The molecule has 2 heteroatoms. The lowest BCUT2D eigenvalue weighted by molar-refractivity contribution is 0.273. The summed E-state index contributed by atoms with van der Waals surface area (Å²) in [5.41, 5.74) is 8.03. The number of nitrogens with two attached hydrogens (primary N) is 1. The third-order valence-electron chi connectivity index (χ3n) is 3.55. The van der Waals surface area contributed by atoms with Crippen molar-refractivity contribution in [3.05, 3.63) is 29.8 Å². The van der Waals surface area contributed by atoms with Crippen LogP contribution in [0.15, 0.2) is 24.3 Å². The molecule has 1 fully saturated rings. The van der Waals surface area contributed by atoms with Crippen LogP contribution in [-0.4, -0.2) is 24.5 Å². The fraction of sp³-hybridized carbons (Fsp3) is 0.600. The second-order valence-electron chi connectivity index (χ2n) is 5.19. The predicted octanol–water partition coefficient (Wildman–Crippen LogP) is 2.93. The first-order valence-electron chi connectivity index (χ1n) is 6.84. The average molecular weight is 232 g/mol. The molecule has 0 heterocycles. The summed E-state index contributed by atoms with van der Waals surface area (Å²) in [6, 6.07) is 8.27. The van der Waals surface area contributed by atoms with Crippen LogP contribution in [0.25, 0.3) is 0 Å². The van der Waals surface area contributed by atoms with Crippen LogP contribution in [0.5, 0.6) is 0 Å². The van der Waals surface area contributed by atoms with Gasteiger partial charge >= 0.3 is 0 Å². The highest BCUT2D eigenvalue weighted by Crippen LogP contribution is 2.29. The zero-order valence-corrected chi connectivity index (χ0v) is 10.9. The molecule has 0 bridgehead atoms. The van der Waals surface area contributed by atoms with Crippen LogP contribution in [0.3, 0.4) is 0 Å². The number of benzene rings is 1. The molecular weight excluding hydrogens is 208 g/mol. The van der Waals surface area contributed by atoms with E-state index in [2.05, 4.69) is 24.0 Å². The van der Waals surface area contributed by atoms with Crippen LogP contribution in [-0.2, 0) is 6.42 Å². The first kappa shape index (κ1) is 12.4. The zero-order chi connectivity index (χ0) is 12.1. The summed E-state index contributed by atoms with van der Waals surface area (Å²) >= 11 is 0. The van der Waals surface area contributed by atoms with Crippen molar-refractivity contribution in [3.8, 4) is 0 Å². The minimum atomic E-state index is 0.882. The van der Waals surface area contributed by atoms with E-state index in [1.807, 2.05) is 12.1 Å². The van der Waals surface area contributed by atoms with E-state index in [9.17, 15) is 0 Å². The van der Waals surface area contributed by atoms with Gasteiger partial charge in [0, 0.05) is 12.2 Å². The molecular formula is C15H24N2. The molecule has 0 unspecified atom stereocenters. The van der Waals surface area contributed by atoms with Crippen molar-refractivity contribution in [3.63, 3.8) is 0 Å². The van der Waals surface area contributed by atoms with Gasteiger partial charge in [0.15, 0.2) is 0 Å². The largest absolute Gasteiger partial charge is 0.399 e. The van der Waals surface area contributed by atoms with Crippen molar-refractivity contribution >= 4 is 5.69 Å². The van der Waals surface area contributed by atoms with E-state index in [0.29, 0.717) is 0 Å². The van der Waals surface area contributed by atoms with Crippen molar-refractivity contribution in [2.75, 3.05) is 25.4 Å². The van der Waals surface area contributed by atoms with Crippen molar-refractivity contribution in [1.29, 1.82) is 0 Å². The summed E-state index contributed by atoms with van der Waals surface area (Å²) in [7, 11) is 0. The molecule has 1 aliphatic carbocycles. The summed E-state index contributed by atoms with van der Waals surface area (Å²) in [4.78, 5) is 2.59. The fourth-order valence-electron chi connectivity index (χ4n) is 2.30. The second kappa shape index (κ2) is 6.06. The Bertz CT molecular complexity index is 345. The Morgan fingerprint density at radius 1 is 1.35 bits per heavy atom. The molecule has 94 valence electrons. The summed E-state index contributed by atoms with van der Waals surface area (Å²) in [6.45, 7) is 5.99. The van der Waals surface area contributed by atoms with Crippen molar-refractivity contribution in [2.45, 2.75) is 32.6 Å². The molecule has 2 rings (SSSR count). The van der Waals surface area contributed by atoms with Gasteiger partial charge in [-0.3, -0.25) is 0 Å². The molecule has 1 aromatic rings. The SMILES string of the molecule is CCN(CCCc1cccc(N)c1)CC1CC1. The summed E-state index contributed by atoms with van der Waals surface area (Å²) in [5, 5.41) is 0. The number of nitrogen functional groups attached to an aromatic ring is 1. The van der Waals surface area contributed by atoms with Gasteiger partial charge in [0.05, 0.1) is 0 Å². The van der Waals surface area contributed by atoms with Gasteiger partial charge < -0.3 is 10.6 Å². The highest BCUT2D eigenvalue weighted by atomic mass is 15.1. The summed E-state index contributed by atoms with van der Waals surface area (Å²) < 4.78 is 0. The van der Waals surface area contributed by atoms with E-state index in [1.54, 1.807) is 0 Å². The highest BCUT2D eigenvalue weighted by molar-refractivity contribution is 5.40. The van der Waals surface area contributed by atoms with E-state index < -0.39 is 0 Å². The Kier molecular flexibility index (Phi) is 4.43. The first-order chi connectivity index (χ1) is 8.28. The van der Waals surface area contributed by atoms with Crippen LogP contribution < -0.4 is 5.73 Å². The summed E-state index contributed by atoms with van der Waals surface area (Å²) in [6.07, 6.45) is 5.29. The first-order valence-corrected chi connectivity index (χ1v) is 6.84. The highest BCUT2D eigenvalue weighted by Gasteiger charge is 2.23. The molecule has 17 heavy (non-hydrogen) atoms. The Hall–Kier alpha value is -1.02. The van der Waals surface area contributed by atoms with Gasteiger partial charge in [-0.15, -0.1) is 0 Å². The normalized spacial score (nSPS) is 15.4. The standard InChI is InChI=1S/C15H24N2/c1-2-17(12-14-8-9-14)10-4-6-13-5-3-7-15(16)11-13/h3,5,7,11,14H,2,4,6,8-10,12,16H2,1H3. The molecule has 2 N–H and O–H groups in total. The molecule has 1 aliphatic rings. The number of anilines is 1. The maximum Gasteiger partial charge on any atom is 0.0316 e. The minimum absolute atomic E-state index is 0.882. The number of hydrogen-bond acceptors (Lipinski definition) is 2. The van der Waals surface area contributed by atoms with E-state index in [1.165, 1.54) is 44.5 Å². The molecule has 0 saturated heterocycles. The molecule has 2 nitrogen and oxygen atoms in total. The Morgan fingerprint density at radius 3 is 2.82 bits per heavy atom. The Labute approximate surface area is 105 Å². The number of hydrogen-bond donors (Lipinski definition) is 1. The maximum atomic E-state index is 5.78. The number of nitrogens with zero attached hydrogens (tertiary/aromatic N) is 1. The fourth-order valence-corrected chi connectivity index (χ4v) is 2.30. The quantitative estimate of drug-likeness (QED) is 0.732. The topological polar surface area (TPSA) is 29.3 Å². The van der Waals surface area contributed by atoms with Crippen LogP contribution in [0.1, 0.15) is 31.7 Å². The number of aryl methyl sites for hydroxylation is 1. The molecule has 1 saturated carbocycles. The van der Waals surface area contributed by atoms with E-state index >= 15 is 0 Å². The summed E-state index contributed by atoms with van der Waals surface area (Å²) in [5.74, 6) is 1.00. The molecule has 0 aromatic heterocycles. The average Bonchev–Trinajstić information content (AvgIpc) is 3.12. The number of rotatable bonds is 7. The van der Waals surface area contributed by atoms with E-state index in [-0.39, 0.29) is 0 Å². The van der Waals surface area contributed by atoms with Gasteiger partial charge in [-0.2, -0.15) is 0 Å². The van der Waals surface area contributed by atoms with Gasteiger partial charge in [0.25, 0.3) is 0 Å². The third kappa shape index (κ3) is 4.39. The minimum Gasteiger partial charge on any atom is -0.399 e. The van der Waals surface area contributed by atoms with Gasteiger partial charge in [-0.25, -0.2) is 0 Å². The van der Waals surface area contributed by atoms with Crippen molar-refractivity contribution in [2.24, 2.45) is 5.92 Å². The maximum absolute atomic E-state index is 5.78. The molecule has 0 radical (unpaired) electrons. The van der Waals surface area contributed by atoms with E-state index in [0.717, 1.165) is 18.0 Å². The predicted molar refractivity (Wildman–Crippen MR) is 74.0 cm³/mol. The Morgan fingerprint density at radius 2 is 2.18 bits per heavy atom. The van der Waals surface area contributed by atoms with Crippen LogP contribution in [0, 0.1) is 5.92 Å². The third-order valence-corrected chi connectivity index (χ3v) is 3.55. The van der Waals surface area contributed by atoms with Crippen LogP contribution in [0.4, 0.5) is 5.69 Å². The molecule has 0 atom stereocenters. The molecule has 0 spiro atoms. The van der Waals surface area contributed by atoms with Crippen LogP contribution in [0.2, 0.25) is 0 Å². The molecule has 1 aromatic carbocycles. The van der Waals surface area contributed by atoms with Crippen molar-refractivity contribution < 1.29 is 0 Å². The molecule has 0 aliphatic heterocycles. The molecule has 0 amide bonds. The lowest BCUT2D eigenvalue weighted by Gasteiger charge is -2.19. The van der Waals surface area contributed by atoms with Gasteiger partial charge in [-0.05, 0) is 62.4 Å². The zero-order valence-electron chi connectivity index (χ0n) is 10.9. The Balaban J connectivity index is 1.70.